The van der Waals surface area contributed by atoms with Crippen LogP contribution in [-0.2, 0) is 4.79 Å². The van der Waals surface area contributed by atoms with Crippen molar-refractivity contribution in [3.8, 4) is 5.88 Å². The third-order valence-electron chi connectivity index (χ3n) is 3.41. The number of carbonyl (C=O) groups excluding carboxylic acids is 1. The van der Waals surface area contributed by atoms with Crippen molar-refractivity contribution in [1.82, 2.24) is 14.9 Å². The van der Waals surface area contributed by atoms with Gasteiger partial charge >= 0.3 is 0 Å². The molecular formula is C16H20N4O2. The second-order valence-corrected chi connectivity index (χ2v) is 4.82. The summed E-state index contributed by atoms with van der Waals surface area (Å²) in [7, 11) is 3.43. The molecule has 0 spiro atoms. The quantitative estimate of drug-likeness (QED) is 0.885. The van der Waals surface area contributed by atoms with Crippen LogP contribution in [0.5, 0.6) is 5.88 Å². The van der Waals surface area contributed by atoms with E-state index in [9.17, 15) is 4.79 Å². The monoisotopic (exact) mass is 300 g/mol. The fraction of sp³-hybridized carbons (Fsp3) is 0.312. The fourth-order valence-corrected chi connectivity index (χ4v) is 2.14. The molecule has 0 aliphatic rings. The van der Waals surface area contributed by atoms with Crippen molar-refractivity contribution >= 4 is 11.7 Å². The summed E-state index contributed by atoms with van der Waals surface area (Å²) in [5.41, 5.74) is 0.936. The second-order valence-electron chi connectivity index (χ2n) is 4.82. The molecule has 6 heteroatoms. The zero-order chi connectivity index (χ0) is 15.9. The summed E-state index contributed by atoms with van der Waals surface area (Å²) in [4.78, 5) is 22.6. The molecule has 2 aromatic rings. The van der Waals surface area contributed by atoms with E-state index in [0.717, 1.165) is 12.1 Å². The highest BCUT2D eigenvalue weighted by molar-refractivity contribution is 5.94. The number of amides is 1. The lowest BCUT2D eigenvalue weighted by molar-refractivity contribution is -0.121. The maximum atomic E-state index is 12.7. The lowest BCUT2D eigenvalue weighted by Crippen LogP contribution is -2.34. The molecule has 1 atom stereocenters. The van der Waals surface area contributed by atoms with Gasteiger partial charge in [0.15, 0.2) is 0 Å². The minimum atomic E-state index is -0.382. The third kappa shape index (κ3) is 3.79. The summed E-state index contributed by atoms with van der Waals surface area (Å²) in [6, 6.07) is 10.9. The van der Waals surface area contributed by atoms with Crippen LogP contribution in [-0.4, -0.2) is 41.5 Å². The molecule has 2 rings (SSSR count). The van der Waals surface area contributed by atoms with Crippen LogP contribution >= 0.6 is 0 Å². The lowest BCUT2D eigenvalue weighted by atomic mass is 10.0. The van der Waals surface area contributed by atoms with E-state index in [4.69, 9.17) is 4.74 Å². The minimum Gasteiger partial charge on any atom is -0.481 e. The van der Waals surface area contributed by atoms with Crippen molar-refractivity contribution < 1.29 is 9.53 Å². The number of nitrogens with one attached hydrogen (secondary N) is 1. The van der Waals surface area contributed by atoms with Crippen LogP contribution in [0, 0.1) is 0 Å². The number of nitrogens with zero attached hydrogens (tertiary/aromatic N) is 3. The largest absolute Gasteiger partial charge is 0.481 e. The summed E-state index contributed by atoms with van der Waals surface area (Å²) < 4.78 is 5.04. The van der Waals surface area contributed by atoms with Gasteiger partial charge in [-0.2, -0.15) is 0 Å². The first-order valence-electron chi connectivity index (χ1n) is 7.07. The Hall–Kier alpha value is -2.47. The molecule has 116 valence electrons. The van der Waals surface area contributed by atoms with E-state index in [1.54, 1.807) is 6.07 Å². The zero-order valence-electron chi connectivity index (χ0n) is 13.0. The molecule has 22 heavy (non-hydrogen) atoms. The Morgan fingerprint density at radius 2 is 2.05 bits per heavy atom. The lowest BCUT2D eigenvalue weighted by Gasteiger charge is -2.26. The Morgan fingerprint density at radius 3 is 2.68 bits per heavy atom. The van der Waals surface area contributed by atoms with Crippen LogP contribution in [0.3, 0.4) is 0 Å². The van der Waals surface area contributed by atoms with E-state index in [2.05, 4.69) is 15.3 Å². The highest BCUT2D eigenvalue weighted by atomic mass is 16.5. The average molecular weight is 300 g/mol. The molecule has 6 nitrogen and oxygen atoms in total. The van der Waals surface area contributed by atoms with Crippen molar-refractivity contribution in [3.63, 3.8) is 0 Å². The molecule has 0 unspecified atom stereocenters. The van der Waals surface area contributed by atoms with Crippen molar-refractivity contribution in [2.75, 3.05) is 26.0 Å². The first-order chi connectivity index (χ1) is 10.7. The smallest absolute Gasteiger partial charge is 0.247 e. The van der Waals surface area contributed by atoms with Crippen LogP contribution in [0.25, 0.3) is 0 Å². The predicted molar refractivity (Wildman–Crippen MR) is 84.7 cm³/mol. The van der Waals surface area contributed by atoms with Gasteiger partial charge in [0.1, 0.15) is 18.2 Å². The average Bonchev–Trinajstić information content (AvgIpc) is 2.56. The number of hydrogen-bond acceptors (Lipinski definition) is 5. The number of carbonyl (C=O) groups is 1. The number of hydrogen-bond donors (Lipinski definition) is 1. The number of benzene rings is 1. The SMILES string of the molecule is CCN(C)[C@H](C(=O)Nc1cc(OC)ncn1)c1ccccc1. The Labute approximate surface area is 130 Å². The van der Waals surface area contributed by atoms with Crippen LogP contribution in [0.1, 0.15) is 18.5 Å². The molecule has 0 bridgehead atoms. The van der Waals surface area contributed by atoms with E-state index >= 15 is 0 Å². The van der Waals surface area contributed by atoms with Gasteiger partial charge in [-0.25, -0.2) is 9.97 Å². The standard InChI is InChI=1S/C16H20N4O2/c1-4-20(2)15(12-8-6-5-7-9-12)16(21)19-13-10-14(22-3)18-11-17-13/h5-11,15H,4H2,1-3H3,(H,17,18,19,21)/t15-/m0/s1. The Balaban J connectivity index is 2.22. The van der Waals surface area contributed by atoms with E-state index in [-0.39, 0.29) is 11.9 Å². The van der Waals surface area contributed by atoms with Crippen molar-refractivity contribution in [2.24, 2.45) is 0 Å². The van der Waals surface area contributed by atoms with Gasteiger partial charge in [0.25, 0.3) is 0 Å². The minimum absolute atomic E-state index is 0.142. The molecule has 1 aromatic carbocycles. The van der Waals surface area contributed by atoms with Gasteiger partial charge in [0.2, 0.25) is 11.8 Å². The van der Waals surface area contributed by atoms with Gasteiger partial charge in [-0.1, -0.05) is 37.3 Å². The molecule has 0 saturated carbocycles. The first-order valence-corrected chi connectivity index (χ1v) is 7.07. The molecule has 0 saturated heterocycles. The summed E-state index contributed by atoms with van der Waals surface area (Å²) in [6.45, 7) is 2.76. The molecule has 0 aliphatic carbocycles. The van der Waals surface area contributed by atoms with Crippen LogP contribution in [0.2, 0.25) is 0 Å². The van der Waals surface area contributed by atoms with Crippen LogP contribution < -0.4 is 10.1 Å². The summed E-state index contributed by atoms with van der Waals surface area (Å²) in [5.74, 6) is 0.684. The Morgan fingerprint density at radius 1 is 1.32 bits per heavy atom. The molecule has 1 heterocycles. The van der Waals surface area contributed by atoms with E-state index < -0.39 is 0 Å². The van der Waals surface area contributed by atoms with Crippen molar-refractivity contribution in [1.29, 1.82) is 0 Å². The fourth-order valence-electron chi connectivity index (χ4n) is 2.14. The highest BCUT2D eigenvalue weighted by Crippen LogP contribution is 2.21. The summed E-state index contributed by atoms with van der Waals surface area (Å²) in [5, 5.41) is 2.82. The number of aromatic nitrogens is 2. The van der Waals surface area contributed by atoms with Gasteiger partial charge in [-0.3, -0.25) is 9.69 Å². The zero-order valence-corrected chi connectivity index (χ0v) is 13.0. The molecular weight excluding hydrogens is 280 g/mol. The van der Waals surface area contributed by atoms with E-state index in [1.807, 2.05) is 49.2 Å². The Kier molecular flexibility index (Phi) is 5.43. The van der Waals surface area contributed by atoms with Gasteiger partial charge in [0.05, 0.1) is 7.11 Å². The number of methoxy groups -OCH3 is 1. The number of likely N-dealkylation sites (N-methyl/N-ethyl adjacent to an activating group) is 1. The van der Waals surface area contributed by atoms with Gasteiger partial charge in [-0.05, 0) is 19.2 Å². The van der Waals surface area contributed by atoms with Crippen LogP contribution in [0.15, 0.2) is 42.7 Å². The van der Waals surface area contributed by atoms with Gasteiger partial charge in [0, 0.05) is 6.07 Å². The molecule has 0 aliphatic heterocycles. The highest BCUT2D eigenvalue weighted by Gasteiger charge is 2.24. The molecule has 1 amide bonds. The summed E-state index contributed by atoms with van der Waals surface area (Å²) in [6.07, 6.45) is 1.36. The molecule has 1 N–H and O–H groups in total. The van der Waals surface area contributed by atoms with Gasteiger partial charge in [-0.15, -0.1) is 0 Å². The second kappa shape index (κ2) is 7.51. The summed E-state index contributed by atoms with van der Waals surface area (Å²) >= 11 is 0. The number of rotatable bonds is 6. The maximum Gasteiger partial charge on any atom is 0.247 e. The maximum absolute atomic E-state index is 12.7. The van der Waals surface area contributed by atoms with E-state index in [1.165, 1.54) is 13.4 Å². The first kappa shape index (κ1) is 15.9. The number of ether oxygens (including phenoxy) is 1. The third-order valence-corrected chi connectivity index (χ3v) is 3.41. The predicted octanol–water partition coefficient (Wildman–Crippen LogP) is 2.12. The molecule has 0 radical (unpaired) electrons. The van der Waals surface area contributed by atoms with Crippen molar-refractivity contribution in [2.45, 2.75) is 13.0 Å². The van der Waals surface area contributed by atoms with E-state index in [0.29, 0.717) is 11.7 Å². The topological polar surface area (TPSA) is 67.4 Å². The molecule has 1 aromatic heterocycles. The van der Waals surface area contributed by atoms with Crippen molar-refractivity contribution in [3.05, 3.63) is 48.3 Å². The number of anilines is 1. The molecule has 0 fully saturated rings. The Bertz CT molecular complexity index is 619. The van der Waals surface area contributed by atoms with Gasteiger partial charge < -0.3 is 10.1 Å². The normalized spacial score (nSPS) is 12.0. The van der Waals surface area contributed by atoms with Crippen LogP contribution in [0.4, 0.5) is 5.82 Å².